The molecule has 240 valence electrons. The van der Waals surface area contributed by atoms with Crippen LogP contribution in [0.25, 0.3) is 33.6 Å². The van der Waals surface area contributed by atoms with Gasteiger partial charge in [-0.25, -0.2) is 14.8 Å². The summed E-state index contributed by atoms with van der Waals surface area (Å²) in [5, 5.41) is 6.69. The number of likely N-dealkylation sites (N-methyl/N-ethyl adjacent to an activating group) is 1. The summed E-state index contributed by atoms with van der Waals surface area (Å²) in [6, 6.07) is 24.1. The lowest BCUT2D eigenvalue weighted by atomic mass is 10.1. The Kier molecular flexibility index (Phi) is 8.56. The molecule has 2 aliphatic heterocycles. The van der Waals surface area contributed by atoms with Crippen LogP contribution in [0.15, 0.2) is 83.3 Å². The first kappa shape index (κ1) is 30.4. The number of furan rings is 1. The van der Waals surface area contributed by atoms with Crippen LogP contribution < -0.4 is 15.5 Å². The number of piperazine rings is 1. The Bertz CT molecular complexity index is 1890. The Hall–Kier alpha value is -5.26. The van der Waals surface area contributed by atoms with Crippen LogP contribution in [0.4, 0.5) is 22.0 Å². The van der Waals surface area contributed by atoms with Gasteiger partial charge in [0.25, 0.3) is 5.91 Å². The molecular formula is C36H37N7O4. The van der Waals surface area contributed by atoms with Crippen LogP contribution in [0.3, 0.4) is 0 Å². The monoisotopic (exact) mass is 631 g/mol. The van der Waals surface area contributed by atoms with E-state index in [4.69, 9.17) is 19.1 Å². The van der Waals surface area contributed by atoms with Crippen molar-refractivity contribution < 1.29 is 18.7 Å². The number of ether oxygens (including phenoxy) is 1. The van der Waals surface area contributed by atoms with Gasteiger partial charge in [0, 0.05) is 72.7 Å². The van der Waals surface area contributed by atoms with E-state index in [-0.39, 0.29) is 11.9 Å². The van der Waals surface area contributed by atoms with Gasteiger partial charge in [0.1, 0.15) is 17.3 Å². The first-order valence-corrected chi connectivity index (χ1v) is 15.9. The maximum atomic E-state index is 12.8. The van der Waals surface area contributed by atoms with E-state index in [9.17, 15) is 9.59 Å². The van der Waals surface area contributed by atoms with Crippen LogP contribution in [0.5, 0.6) is 0 Å². The van der Waals surface area contributed by atoms with Gasteiger partial charge >= 0.3 is 6.03 Å². The number of carbonyl (C=O) groups excluding carboxylic acids is 2. The number of carbonyl (C=O) groups is 2. The van der Waals surface area contributed by atoms with Gasteiger partial charge in [-0.1, -0.05) is 6.07 Å². The molecule has 0 unspecified atom stereocenters. The van der Waals surface area contributed by atoms with Crippen LogP contribution in [0.1, 0.15) is 16.1 Å². The standard InChI is InChI=1S/C36H37N7O4/c1-24-3-14-32(47-24)27-8-13-30-31(23-27)39-33(40-34(30)42-19-21-46-22-20-42)25-4-9-28(10-5-25)37-36(45)38-29-11-6-26(7-12-29)35(44)43-17-15-41(2)16-18-43/h3-14,23H,15-22H2,1-2H3,(H2,37,38,45). The fourth-order valence-corrected chi connectivity index (χ4v) is 5.89. The average molecular weight is 632 g/mol. The van der Waals surface area contributed by atoms with Crippen LogP contribution in [0.2, 0.25) is 0 Å². The molecule has 0 bridgehead atoms. The molecule has 2 saturated heterocycles. The van der Waals surface area contributed by atoms with Crippen molar-refractivity contribution in [2.24, 2.45) is 0 Å². The van der Waals surface area contributed by atoms with E-state index in [1.807, 2.05) is 60.4 Å². The summed E-state index contributed by atoms with van der Waals surface area (Å²) >= 11 is 0. The van der Waals surface area contributed by atoms with Gasteiger partial charge in [0.2, 0.25) is 0 Å². The third kappa shape index (κ3) is 6.81. The Morgan fingerprint density at radius 2 is 1.40 bits per heavy atom. The molecule has 0 radical (unpaired) electrons. The number of aromatic nitrogens is 2. The van der Waals surface area contributed by atoms with Gasteiger partial charge in [0.05, 0.1) is 18.7 Å². The van der Waals surface area contributed by atoms with Crippen LogP contribution in [-0.2, 0) is 4.74 Å². The van der Waals surface area contributed by atoms with Crippen molar-refractivity contribution in [2.75, 3.05) is 75.1 Å². The molecule has 4 heterocycles. The number of hydrogen-bond donors (Lipinski definition) is 2. The number of amides is 3. The zero-order chi connectivity index (χ0) is 32.3. The molecule has 11 nitrogen and oxygen atoms in total. The van der Waals surface area contributed by atoms with E-state index in [0.717, 1.165) is 65.5 Å². The van der Waals surface area contributed by atoms with Crippen molar-refractivity contribution in [1.82, 2.24) is 19.8 Å². The minimum atomic E-state index is -0.381. The molecule has 0 aliphatic carbocycles. The van der Waals surface area contributed by atoms with Gasteiger partial charge < -0.3 is 34.5 Å². The Balaban J connectivity index is 1.06. The molecule has 7 rings (SSSR count). The highest BCUT2D eigenvalue weighted by molar-refractivity contribution is 6.01. The number of nitrogens with zero attached hydrogens (tertiary/aromatic N) is 5. The third-order valence-corrected chi connectivity index (χ3v) is 8.59. The first-order valence-electron chi connectivity index (χ1n) is 15.9. The Morgan fingerprint density at radius 3 is 2.06 bits per heavy atom. The fourth-order valence-electron chi connectivity index (χ4n) is 5.89. The van der Waals surface area contributed by atoms with Gasteiger partial charge in [-0.3, -0.25) is 4.79 Å². The highest BCUT2D eigenvalue weighted by atomic mass is 16.5. The van der Waals surface area contributed by atoms with Crippen molar-refractivity contribution in [3.8, 4) is 22.7 Å². The summed E-state index contributed by atoms with van der Waals surface area (Å²) in [5.74, 6) is 3.12. The maximum Gasteiger partial charge on any atom is 0.323 e. The molecule has 0 atom stereocenters. The Morgan fingerprint density at radius 1 is 0.745 bits per heavy atom. The van der Waals surface area contributed by atoms with E-state index < -0.39 is 0 Å². The summed E-state index contributed by atoms with van der Waals surface area (Å²) in [6.07, 6.45) is 0. The van der Waals surface area contributed by atoms with Gasteiger partial charge in [0.15, 0.2) is 5.82 Å². The number of anilines is 3. The van der Waals surface area contributed by atoms with E-state index in [1.165, 1.54) is 0 Å². The number of hydrogen-bond acceptors (Lipinski definition) is 8. The average Bonchev–Trinajstić information content (AvgIpc) is 3.54. The fraction of sp³-hybridized carbons (Fsp3) is 0.278. The predicted molar refractivity (Wildman–Crippen MR) is 183 cm³/mol. The lowest BCUT2D eigenvalue weighted by molar-refractivity contribution is 0.0664. The molecule has 0 saturated carbocycles. The number of urea groups is 1. The second-order valence-electron chi connectivity index (χ2n) is 11.9. The largest absolute Gasteiger partial charge is 0.461 e. The lowest BCUT2D eigenvalue weighted by Crippen LogP contribution is -2.47. The van der Waals surface area contributed by atoms with Crippen LogP contribution >= 0.6 is 0 Å². The number of morpholine rings is 1. The second-order valence-corrected chi connectivity index (χ2v) is 11.9. The minimum absolute atomic E-state index is 0.00898. The van der Waals surface area contributed by atoms with E-state index in [1.54, 1.807) is 24.3 Å². The highest BCUT2D eigenvalue weighted by Gasteiger charge is 2.21. The SMILES string of the molecule is Cc1ccc(-c2ccc3c(N4CCOCC4)nc(-c4ccc(NC(=O)Nc5ccc(C(=O)N6CCN(C)CC6)cc5)cc4)nc3c2)o1. The van der Waals surface area contributed by atoms with Gasteiger partial charge in [-0.15, -0.1) is 0 Å². The van der Waals surface area contributed by atoms with E-state index in [2.05, 4.69) is 33.5 Å². The maximum absolute atomic E-state index is 12.8. The van der Waals surface area contributed by atoms with Crippen molar-refractivity contribution in [3.05, 3.63) is 90.2 Å². The number of fused-ring (bicyclic) bond motifs is 1. The van der Waals surface area contributed by atoms with E-state index in [0.29, 0.717) is 49.1 Å². The number of aryl methyl sites for hydroxylation is 1. The summed E-state index contributed by atoms with van der Waals surface area (Å²) in [7, 11) is 2.06. The summed E-state index contributed by atoms with van der Waals surface area (Å²) in [5.41, 5.74) is 4.42. The van der Waals surface area contributed by atoms with Crippen molar-refractivity contribution >= 4 is 40.0 Å². The lowest BCUT2D eigenvalue weighted by Gasteiger charge is -2.32. The molecule has 47 heavy (non-hydrogen) atoms. The van der Waals surface area contributed by atoms with Crippen molar-refractivity contribution in [2.45, 2.75) is 6.92 Å². The predicted octanol–water partition coefficient (Wildman–Crippen LogP) is 5.73. The van der Waals surface area contributed by atoms with Crippen LogP contribution in [-0.4, -0.2) is 91.2 Å². The normalized spacial score (nSPS) is 15.5. The zero-order valence-electron chi connectivity index (χ0n) is 26.5. The zero-order valence-corrected chi connectivity index (χ0v) is 26.5. The second kappa shape index (κ2) is 13.2. The van der Waals surface area contributed by atoms with Crippen LogP contribution in [0, 0.1) is 6.92 Å². The molecular weight excluding hydrogens is 594 g/mol. The minimum Gasteiger partial charge on any atom is -0.461 e. The Labute approximate surface area is 273 Å². The molecule has 3 aromatic carbocycles. The molecule has 2 N–H and O–H groups in total. The van der Waals surface area contributed by atoms with Gasteiger partial charge in [-0.2, -0.15) is 0 Å². The molecule has 2 aromatic heterocycles. The van der Waals surface area contributed by atoms with E-state index >= 15 is 0 Å². The summed E-state index contributed by atoms with van der Waals surface area (Å²) in [6.45, 7) is 7.87. The topological polar surface area (TPSA) is 116 Å². The smallest absolute Gasteiger partial charge is 0.323 e. The molecule has 0 spiro atoms. The highest BCUT2D eigenvalue weighted by Crippen LogP contribution is 2.32. The molecule has 2 fully saturated rings. The van der Waals surface area contributed by atoms with Crippen molar-refractivity contribution in [1.29, 1.82) is 0 Å². The number of benzene rings is 3. The number of rotatable bonds is 6. The summed E-state index contributed by atoms with van der Waals surface area (Å²) < 4.78 is 11.5. The van der Waals surface area contributed by atoms with Crippen molar-refractivity contribution in [3.63, 3.8) is 0 Å². The molecule has 11 heteroatoms. The third-order valence-electron chi connectivity index (χ3n) is 8.59. The summed E-state index contributed by atoms with van der Waals surface area (Å²) in [4.78, 5) is 41.9. The molecule has 5 aromatic rings. The van der Waals surface area contributed by atoms with Gasteiger partial charge in [-0.05, 0) is 86.8 Å². The first-order chi connectivity index (χ1) is 22.9. The molecule has 3 amide bonds. The molecule has 2 aliphatic rings. The quantitative estimate of drug-likeness (QED) is 0.244. The number of nitrogens with one attached hydrogen (secondary N) is 2.